The number of hydrogen-bond acceptors (Lipinski definition) is 5. The van der Waals surface area contributed by atoms with Crippen LogP contribution in [0.2, 0.25) is 5.02 Å². The number of benzene rings is 2. The molecule has 7 nitrogen and oxygen atoms in total. The number of nitrogens with two attached hydrogens (primary N) is 1. The Balaban J connectivity index is 2.53. The van der Waals surface area contributed by atoms with E-state index in [0.717, 1.165) is 16.4 Å². The van der Waals surface area contributed by atoms with Crippen molar-refractivity contribution in [3.8, 4) is 0 Å². The van der Waals surface area contributed by atoms with Gasteiger partial charge in [0.25, 0.3) is 20.1 Å². The number of halogens is 1. The Hall–Kier alpha value is -1.81. The van der Waals surface area contributed by atoms with Crippen LogP contribution in [0, 0.1) is 0 Å². The van der Waals surface area contributed by atoms with Crippen LogP contribution >= 0.6 is 11.6 Å². The fourth-order valence-corrected chi connectivity index (χ4v) is 4.09. The van der Waals surface area contributed by atoms with Crippen LogP contribution in [0.1, 0.15) is 0 Å². The maximum absolute atomic E-state index is 12.6. The number of anilines is 2. The van der Waals surface area contributed by atoms with Gasteiger partial charge in [0.1, 0.15) is 4.90 Å². The SMILES string of the molecule is CN(c1cccc(S(=O)(=O)O)c1)S(=O)(=O)c1ccc(N)cc1Cl. The predicted molar refractivity (Wildman–Crippen MR) is 87.7 cm³/mol. The first-order chi connectivity index (χ1) is 10.5. The Bertz CT molecular complexity index is 958. The van der Waals surface area contributed by atoms with Gasteiger partial charge in [0.05, 0.1) is 15.6 Å². The van der Waals surface area contributed by atoms with Gasteiger partial charge < -0.3 is 5.73 Å². The van der Waals surface area contributed by atoms with Gasteiger partial charge in [0, 0.05) is 12.7 Å². The van der Waals surface area contributed by atoms with Crippen molar-refractivity contribution in [2.24, 2.45) is 0 Å². The van der Waals surface area contributed by atoms with Gasteiger partial charge >= 0.3 is 0 Å². The third kappa shape index (κ3) is 3.58. The third-order valence-corrected chi connectivity index (χ3v) is 6.19. The highest BCUT2D eigenvalue weighted by molar-refractivity contribution is 7.93. The monoisotopic (exact) mass is 376 g/mol. The Morgan fingerprint density at radius 2 is 1.74 bits per heavy atom. The van der Waals surface area contributed by atoms with E-state index in [9.17, 15) is 16.8 Å². The van der Waals surface area contributed by atoms with Gasteiger partial charge in [-0.25, -0.2) is 8.42 Å². The lowest BCUT2D eigenvalue weighted by Crippen LogP contribution is -2.27. The van der Waals surface area contributed by atoms with Crippen molar-refractivity contribution < 1.29 is 21.4 Å². The van der Waals surface area contributed by atoms with E-state index in [1.54, 1.807) is 0 Å². The van der Waals surface area contributed by atoms with E-state index in [4.69, 9.17) is 21.9 Å². The summed E-state index contributed by atoms with van der Waals surface area (Å²) in [4.78, 5) is -0.589. The molecular formula is C13H13ClN2O5S2. The molecule has 0 amide bonds. The molecule has 0 aliphatic rings. The van der Waals surface area contributed by atoms with Crippen LogP contribution in [0.3, 0.4) is 0 Å². The van der Waals surface area contributed by atoms with Crippen molar-refractivity contribution in [2.75, 3.05) is 17.1 Å². The summed E-state index contributed by atoms with van der Waals surface area (Å²) in [6, 6.07) is 8.84. The quantitative estimate of drug-likeness (QED) is 0.622. The zero-order valence-electron chi connectivity index (χ0n) is 11.8. The van der Waals surface area contributed by atoms with Crippen LogP contribution in [0.4, 0.5) is 11.4 Å². The summed E-state index contributed by atoms with van der Waals surface area (Å²) in [5, 5.41) is -0.0530. The molecule has 0 heterocycles. The van der Waals surface area contributed by atoms with E-state index in [0.29, 0.717) is 5.69 Å². The predicted octanol–water partition coefficient (Wildman–Crippen LogP) is 1.99. The number of hydrogen-bond donors (Lipinski definition) is 2. The van der Waals surface area contributed by atoms with Crippen molar-refractivity contribution in [3.05, 3.63) is 47.5 Å². The number of sulfonamides is 1. The summed E-state index contributed by atoms with van der Waals surface area (Å²) in [6.07, 6.45) is 0. The molecule has 0 bridgehead atoms. The molecule has 0 saturated heterocycles. The van der Waals surface area contributed by atoms with Crippen molar-refractivity contribution in [1.29, 1.82) is 0 Å². The van der Waals surface area contributed by atoms with Gasteiger partial charge in [0.15, 0.2) is 0 Å². The minimum atomic E-state index is -4.45. The Labute approximate surface area is 139 Å². The Morgan fingerprint density at radius 1 is 1.09 bits per heavy atom. The topological polar surface area (TPSA) is 118 Å². The molecule has 0 aliphatic carbocycles. The van der Waals surface area contributed by atoms with Crippen LogP contribution in [-0.2, 0) is 20.1 Å². The van der Waals surface area contributed by atoms with Crippen LogP contribution < -0.4 is 10.0 Å². The van der Waals surface area contributed by atoms with E-state index in [1.165, 1.54) is 37.4 Å². The number of nitrogens with zero attached hydrogens (tertiary/aromatic N) is 1. The normalized spacial score (nSPS) is 12.1. The average molecular weight is 377 g/mol. The highest BCUT2D eigenvalue weighted by atomic mass is 35.5. The van der Waals surface area contributed by atoms with Gasteiger partial charge in [-0.05, 0) is 36.4 Å². The molecule has 0 fully saturated rings. The van der Waals surface area contributed by atoms with E-state index >= 15 is 0 Å². The van der Waals surface area contributed by atoms with Crippen LogP contribution in [0.15, 0.2) is 52.3 Å². The van der Waals surface area contributed by atoms with E-state index in [1.807, 2.05) is 0 Å². The molecule has 2 rings (SSSR count). The summed E-state index contributed by atoms with van der Waals surface area (Å²) in [6.45, 7) is 0. The van der Waals surface area contributed by atoms with Crippen LogP contribution in [-0.4, -0.2) is 28.4 Å². The van der Waals surface area contributed by atoms with Gasteiger partial charge in [-0.15, -0.1) is 0 Å². The standard InChI is InChI=1S/C13H13ClN2O5S2/c1-16(10-3-2-4-11(8-10)23(19,20)21)22(17,18)13-6-5-9(15)7-12(13)14/h2-8H,15H2,1H3,(H,19,20,21). The first kappa shape index (κ1) is 17.5. The van der Waals surface area contributed by atoms with Gasteiger partial charge in [-0.3, -0.25) is 8.86 Å². The number of rotatable bonds is 4. The van der Waals surface area contributed by atoms with Gasteiger partial charge in [-0.1, -0.05) is 17.7 Å². The lowest BCUT2D eigenvalue weighted by molar-refractivity contribution is 0.483. The summed E-state index contributed by atoms with van der Waals surface area (Å²) in [7, 11) is -7.24. The van der Waals surface area contributed by atoms with E-state index in [2.05, 4.69) is 0 Å². The average Bonchev–Trinajstić information content (AvgIpc) is 2.45. The molecule has 2 aromatic rings. The summed E-state index contributed by atoms with van der Waals surface area (Å²) < 4.78 is 57.5. The van der Waals surface area contributed by atoms with Crippen molar-refractivity contribution in [3.63, 3.8) is 0 Å². The second kappa shape index (κ2) is 6.00. The first-order valence-electron chi connectivity index (χ1n) is 6.15. The highest BCUT2D eigenvalue weighted by Gasteiger charge is 2.25. The second-order valence-corrected chi connectivity index (χ2v) is 8.40. The highest BCUT2D eigenvalue weighted by Crippen LogP contribution is 2.29. The Kier molecular flexibility index (Phi) is 4.58. The van der Waals surface area contributed by atoms with Gasteiger partial charge in [-0.2, -0.15) is 8.42 Å². The van der Waals surface area contributed by atoms with E-state index in [-0.39, 0.29) is 15.6 Å². The number of nitrogen functional groups attached to an aromatic ring is 1. The molecule has 0 aromatic heterocycles. The molecule has 0 spiro atoms. The minimum Gasteiger partial charge on any atom is -0.399 e. The lowest BCUT2D eigenvalue weighted by atomic mass is 10.3. The van der Waals surface area contributed by atoms with Crippen LogP contribution in [0.5, 0.6) is 0 Å². The summed E-state index contributed by atoms with van der Waals surface area (Å²) >= 11 is 5.93. The molecule has 10 heteroatoms. The van der Waals surface area contributed by atoms with Gasteiger partial charge in [0.2, 0.25) is 0 Å². The molecule has 0 aliphatic heterocycles. The van der Waals surface area contributed by atoms with Crippen molar-refractivity contribution in [1.82, 2.24) is 0 Å². The lowest BCUT2D eigenvalue weighted by Gasteiger charge is -2.20. The first-order valence-corrected chi connectivity index (χ1v) is 9.41. The molecule has 23 heavy (non-hydrogen) atoms. The fourth-order valence-electron chi connectivity index (χ4n) is 1.85. The molecule has 0 saturated carbocycles. The molecule has 3 N–H and O–H groups in total. The zero-order chi connectivity index (χ0) is 17.4. The fraction of sp³-hybridized carbons (Fsp3) is 0.0769. The maximum atomic E-state index is 12.6. The molecule has 0 radical (unpaired) electrons. The zero-order valence-corrected chi connectivity index (χ0v) is 14.2. The summed E-state index contributed by atoms with van der Waals surface area (Å²) in [5.74, 6) is 0. The van der Waals surface area contributed by atoms with Crippen LogP contribution in [0.25, 0.3) is 0 Å². The molecular weight excluding hydrogens is 364 g/mol. The smallest absolute Gasteiger partial charge is 0.294 e. The van der Waals surface area contributed by atoms with E-state index < -0.39 is 25.0 Å². The molecule has 2 aromatic carbocycles. The minimum absolute atomic E-state index is 0.0491. The second-order valence-electron chi connectivity index (χ2n) is 4.63. The molecule has 124 valence electrons. The third-order valence-electron chi connectivity index (χ3n) is 3.07. The van der Waals surface area contributed by atoms with Crippen molar-refractivity contribution in [2.45, 2.75) is 9.79 Å². The summed E-state index contributed by atoms with van der Waals surface area (Å²) in [5.41, 5.74) is 5.90. The maximum Gasteiger partial charge on any atom is 0.294 e. The van der Waals surface area contributed by atoms with Crippen molar-refractivity contribution >= 4 is 43.1 Å². The molecule has 0 atom stereocenters. The Morgan fingerprint density at radius 3 is 2.30 bits per heavy atom. The largest absolute Gasteiger partial charge is 0.399 e. The molecule has 0 unspecified atom stereocenters.